The van der Waals surface area contributed by atoms with Crippen molar-refractivity contribution in [2.75, 3.05) is 13.2 Å². The van der Waals surface area contributed by atoms with Crippen molar-refractivity contribution in [1.82, 2.24) is 10.5 Å². The molecule has 3 rings (SSSR count). The summed E-state index contributed by atoms with van der Waals surface area (Å²) in [6.07, 6.45) is 7.22. The molecule has 1 heterocycles. The van der Waals surface area contributed by atoms with Crippen LogP contribution in [0, 0.1) is 5.82 Å². The number of nitrogens with one attached hydrogen (secondary N) is 1. The van der Waals surface area contributed by atoms with E-state index in [9.17, 15) is 9.18 Å². The third-order valence-electron chi connectivity index (χ3n) is 4.39. The van der Waals surface area contributed by atoms with Gasteiger partial charge < -0.3 is 14.6 Å². The number of halogens is 1. The first kappa shape index (κ1) is 17.6. The Balaban J connectivity index is 1.42. The van der Waals surface area contributed by atoms with Crippen molar-refractivity contribution in [3.8, 4) is 11.3 Å². The second kappa shape index (κ2) is 8.76. The van der Waals surface area contributed by atoms with Gasteiger partial charge in [-0.15, -0.1) is 0 Å². The van der Waals surface area contributed by atoms with E-state index in [2.05, 4.69) is 10.5 Å². The molecular weight excluding hydrogens is 323 g/mol. The molecule has 2 aromatic rings. The van der Waals surface area contributed by atoms with Gasteiger partial charge in [-0.2, -0.15) is 0 Å². The van der Waals surface area contributed by atoms with E-state index in [0.717, 1.165) is 19.3 Å². The molecule has 6 heteroatoms. The van der Waals surface area contributed by atoms with Crippen molar-refractivity contribution in [2.45, 2.75) is 44.6 Å². The van der Waals surface area contributed by atoms with Crippen molar-refractivity contribution in [3.05, 3.63) is 41.8 Å². The average Bonchev–Trinajstić information content (AvgIpc) is 3.12. The zero-order valence-electron chi connectivity index (χ0n) is 14.2. The molecule has 0 bridgehead atoms. The summed E-state index contributed by atoms with van der Waals surface area (Å²) in [5.41, 5.74) is 0.432. The number of ether oxygens (including phenoxy) is 1. The second-order valence-electron chi connectivity index (χ2n) is 6.30. The largest absolute Gasteiger partial charge is 0.378 e. The summed E-state index contributed by atoms with van der Waals surface area (Å²) in [4.78, 5) is 12.1. The molecule has 0 aliphatic heterocycles. The Morgan fingerprint density at radius 3 is 2.88 bits per heavy atom. The Morgan fingerprint density at radius 1 is 1.28 bits per heavy atom. The van der Waals surface area contributed by atoms with Gasteiger partial charge in [0.05, 0.1) is 11.7 Å². The van der Waals surface area contributed by atoms with E-state index >= 15 is 0 Å². The number of aromatic nitrogens is 1. The molecule has 0 spiro atoms. The number of rotatable bonds is 7. The van der Waals surface area contributed by atoms with Crippen LogP contribution < -0.4 is 5.32 Å². The molecule has 1 saturated carbocycles. The van der Waals surface area contributed by atoms with Gasteiger partial charge in [0.2, 0.25) is 0 Å². The van der Waals surface area contributed by atoms with Crippen molar-refractivity contribution < 1.29 is 18.4 Å². The molecule has 5 nitrogen and oxygen atoms in total. The zero-order valence-corrected chi connectivity index (χ0v) is 14.2. The van der Waals surface area contributed by atoms with Crippen LogP contribution in [-0.2, 0) is 4.74 Å². The molecular formula is C19H23FN2O3. The predicted octanol–water partition coefficient (Wildman–Crippen LogP) is 3.95. The molecule has 1 N–H and O–H groups in total. The highest BCUT2D eigenvalue weighted by atomic mass is 19.1. The molecule has 1 aromatic heterocycles. The van der Waals surface area contributed by atoms with Crippen LogP contribution in [0.5, 0.6) is 0 Å². The summed E-state index contributed by atoms with van der Waals surface area (Å²) >= 11 is 0. The van der Waals surface area contributed by atoms with Gasteiger partial charge in [0.15, 0.2) is 11.5 Å². The fourth-order valence-electron chi connectivity index (χ4n) is 3.02. The molecule has 1 aromatic carbocycles. The summed E-state index contributed by atoms with van der Waals surface area (Å²) in [5, 5.41) is 6.50. The van der Waals surface area contributed by atoms with Crippen molar-refractivity contribution in [2.24, 2.45) is 0 Å². The molecule has 1 aliphatic rings. The number of hydrogen-bond donors (Lipinski definition) is 1. The lowest BCUT2D eigenvalue weighted by Crippen LogP contribution is -2.26. The number of nitrogens with zero attached hydrogens (tertiary/aromatic N) is 1. The monoisotopic (exact) mass is 346 g/mol. The summed E-state index contributed by atoms with van der Waals surface area (Å²) in [7, 11) is 0. The van der Waals surface area contributed by atoms with E-state index in [0.29, 0.717) is 19.3 Å². The molecule has 0 saturated heterocycles. The molecule has 1 fully saturated rings. The normalized spacial score (nSPS) is 15.2. The highest BCUT2D eigenvalue weighted by Gasteiger charge is 2.16. The fraction of sp³-hybridized carbons (Fsp3) is 0.474. The minimum Gasteiger partial charge on any atom is -0.378 e. The molecule has 25 heavy (non-hydrogen) atoms. The van der Waals surface area contributed by atoms with Gasteiger partial charge in [-0.3, -0.25) is 4.79 Å². The lowest BCUT2D eigenvalue weighted by Gasteiger charge is -2.21. The van der Waals surface area contributed by atoms with Crippen LogP contribution in [-0.4, -0.2) is 30.3 Å². The summed E-state index contributed by atoms with van der Waals surface area (Å²) < 4.78 is 24.6. The number of carbonyl (C=O) groups is 1. The van der Waals surface area contributed by atoms with E-state index < -0.39 is 5.82 Å². The Hall–Kier alpha value is -2.21. The quantitative estimate of drug-likeness (QED) is 0.771. The molecule has 0 unspecified atom stereocenters. The van der Waals surface area contributed by atoms with Gasteiger partial charge in [-0.1, -0.05) is 36.6 Å². The van der Waals surface area contributed by atoms with E-state index in [1.165, 1.54) is 31.4 Å². The third kappa shape index (κ3) is 4.89. The van der Waals surface area contributed by atoms with E-state index in [4.69, 9.17) is 9.26 Å². The van der Waals surface area contributed by atoms with Gasteiger partial charge in [-0.25, -0.2) is 4.39 Å². The lowest BCUT2D eigenvalue weighted by molar-refractivity contribution is 0.0273. The maximum absolute atomic E-state index is 13.7. The molecule has 134 valence electrons. The summed E-state index contributed by atoms with van der Waals surface area (Å²) in [5.74, 6) is -0.502. The first-order valence-electron chi connectivity index (χ1n) is 8.85. The van der Waals surface area contributed by atoms with Gasteiger partial charge in [0.25, 0.3) is 5.91 Å². The topological polar surface area (TPSA) is 64.4 Å². The van der Waals surface area contributed by atoms with Crippen LogP contribution in [0.15, 0.2) is 34.9 Å². The Morgan fingerprint density at radius 2 is 2.08 bits per heavy atom. The highest BCUT2D eigenvalue weighted by molar-refractivity contribution is 5.93. The van der Waals surface area contributed by atoms with Crippen molar-refractivity contribution >= 4 is 5.91 Å². The number of benzene rings is 1. The Labute approximate surface area is 146 Å². The van der Waals surface area contributed by atoms with E-state index in [-0.39, 0.29) is 22.9 Å². The molecule has 1 amide bonds. The molecule has 0 atom stereocenters. The predicted molar refractivity (Wildman–Crippen MR) is 91.7 cm³/mol. The maximum atomic E-state index is 13.7. The summed E-state index contributed by atoms with van der Waals surface area (Å²) in [6.45, 7) is 1.15. The summed E-state index contributed by atoms with van der Waals surface area (Å²) in [6, 6.07) is 7.67. The molecule has 0 radical (unpaired) electrons. The van der Waals surface area contributed by atoms with Crippen molar-refractivity contribution in [1.29, 1.82) is 0 Å². The smallest absolute Gasteiger partial charge is 0.273 e. The van der Waals surface area contributed by atoms with Crippen LogP contribution in [0.1, 0.15) is 49.0 Å². The van der Waals surface area contributed by atoms with Crippen LogP contribution in [0.25, 0.3) is 11.3 Å². The van der Waals surface area contributed by atoms with Crippen LogP contribution in [0.3, 0.4) is 0 Å². The Kier molecular flexibility index (Phi) is 6.17. The van der Waals surface area contributed by atoms with E-state index in [1.807, 2.05) is 0 Å². The molecule has 1 aliphatic carbocycles. The first-order valence-corrected chi connectivity index (χ1v) is 8.85. The average molecular weight is 346 g/mol. The Bertz CT molecular complexity index is 695. The van der Waals surface area contributed by atoms with Gasteiger partial charge in [0, 0.05) is 19.2 Å². The van der Waals surface area contributed by atoms with Gasteiger partial charge in [-0.05, 0) is 31.4 Å². The number of carbonyl (C=O) groups excluding carboxylic acids is 1. The lowest BCUT2D eigenvalue weighted by atomic mass is 9.98. The van der Waals surface area contributed by atoms with E-state index in [1.54, 1.807) is 18.2 Å². The minimum atomic E-state index is -0.412. The maximum Gasteiger partial charge on any atom is 0.273 e. The second-order valence-corrected chi connectivity index (χ2v) is 6.30. The number of hydrogen-bond acceptors (Lipinski definition) is 4. The zero-order chi connectivity index (χ0) is 17.5. The van der Waals surface area contributed by atoms with Crippen molar-refractivity contribution in [3.63, 3.8) is 0 Å². The minimum absolute atomic E-state index is 0.145. The van der Waals surface area contributed by atoms with Gasteiger partial charge >= 0.3 is 0 Å². The number of amides is 1. The van der Waals surface area contributed by atoms with Crippen LogP contribution in [0.4, 0.5) is 4.39 Å². The fourth-order valence-corrected chi connectivity index (χ4v) is 3.02. The SMILES string of the molecule is O=C(NCCCOC1CCCCC1)c1cc(-c2ccccc2F)on1. The van der Waals surface area contributed by atoms with Gasteiger partial charge in [0.1, 0.15) is 5.82 Å². The van der Waals surface area contributed by atoms with Crippen LogP contribution in [0.2, 0.25) is 0 Å². The third-order valence-corrected chi connectivity index (χ3v) is 4.39. The highest BCUT2D eigenvalue weighted by Crippen LogP contribution is 2.23. The standard InChI is InChI=1S/C19H23FN2O3/c20-16-10-5-4-9-15(16)18-13-17(22-25-18)19(23)21-11-6-12-24-14-7-2-1-3-8-14/h4-5,9-10,13-14H,1-3,6-8,11-12H2,(H,21,23). The van der Waals surface area contributed by atoms with Crippen LogP contribution >= 0.6 is 0 Å². The first-order chi connectivity index (χ1) is 12.2.